The van der Waals surface area contributed by atoms with Gasteiger partial charge in [0.25, 0.3) is 0 Å². The molecule has 194 valence electrons. The van der Waals surface area contributed by atoms with Crippen molar-refractivity contribution in [2.24, 2.45) is 0 Å². The van der Waals surface area contributed by atoms with E-state index in [0.717, 1.165) is 65.8 Å². The molecule has 37 heavy (non-hydrogen) atoms. The van der Waals surface area contributed by atoms with E-state index in [1.54, 1.807) is 7.11 Å². The first-order valence-electron chi connectivity index (χ1n) is 13.0. The predicted octanol–water partition coefficient (Wildman–Crippen LogP) is 7.50. The molecule has 6 heteroatoms. The molecule has 0 bridgehead atoms. The maximum atomic E-state index is 14.0. The van der Waals surface area contributed by atoms with Crippen molar-refractivity contribution >= 4 is 27.2 Å². The van der Waals surface area contributed by atoms with Crippen LogP contribution in [0.1, 0.15) is 49.2 Å². The van der Waals surface area contributed by atoms with E-state index in [9.17, 15) is 4.79 Å². The van der Waals surface area contributed by atoms with Crippen LogP contribution in [0.5, 0.6) is 11.5 Å². The van der Waals surface area contributed by atoms with Crippen molar-refractivity contribution in [1.29, 1.82) is 0 Å². The van der Waals surface area contributed by atoms with E-state index in [1.165, 1.54) is 0 Å². The molecule has 0 unspecified atom stereocenters. The minimum atomic E-state index is -0.0784. The van der Waals surface area contributed by atoms with Crippen molar-refractivity contribution in [3.63, 3.8) is 0 Å². The Morgan fingerprint density at radius 1 is 0.946 bits per heavy atom. The van der Waals surface area contributed by atoms with Gasteiger partial charge in [-0.1, -0.05) is 50.2 Å². The molecular weight excluding hydrogens is 528 g/mol. The summed E-state index contributed by atoms with van der Waals surface area (Å²) in [5.74, 6) is 1.36. The summed E-state index contributed by atoms with van der Waals surface area (Å²) in [6.45, 7) is 8.34. The largest absolute Gasteiger partial charge is 0.494 e. The quantitative estimate of drug-likeness (QED) is 0.125. The second-order valence-electron chi connectivity index (χ2n) is 9.10. The van der Waals surface area contributed by atoms with Gasteiger partial charge in [-0.05, 0) is 84.2 Å². The van der Waals surface area contributed by atoms with Crippen LogP contribution in [-0.2, 0) is 0 Å². The molecular formula is C31H35BrN2O3. The molecule has 4 rings (SSSR count). The zero-order valence-electron chi connectivity index (χ0n) is 21.9. The second kappa shape index (κ2) is 12.9. The third-order valence-electron chi connectivity index (χ3n) is 6.43. The fourth-order valence-corrected chi connectivity index (χ4v) is 5.31. The van der Waals surface area contributed by atoms with Crippen molar-refractivity contribution < 1.29 is 14.3 Å². The highest BCUT2D eigenvalue weighted by Crippen LogP contribution is 2.40. The number of halogens is 1. The van der Waals surface area contributed by atoms with Crippen molar-refractivity contribution in [2.45, 2.75) is 33.1 Å². The number of pyridine rings is 1. The summed E-state index contributed by atoms with van der Waals surface area (Å²) in [5, 5.41) is 0. The van der Waals surface area contributed by atoms with Gasteiger partial charge in [-0.3, -0.25) is 4.79 Å². The van der Waals surface area contributed by atoms with Crippen molar-refractivity contribution in [3.05, 3.63) is 88.7 Å². The van der Waals surface area contributed by atoms with Crippen LogP contribution in [0.2, 0.25) is 0 Å². The fraction of sp³-hybridized carbons (Fsp3) is 0.323. The molecule has 2 aromatic carbocycles. The van der Waals surface area contributed by atoms with Crippen LogP contribution in [0, 0.1) is 0 Å². The predicted molar refractivity (Wildman–Crippen MR) is 154 cm³/mol. The van der Waals surface area contributed by atoms with E-state index in [2.05, 4.69) is 34.7 Å². The number of nitrogens with zero attached hydrogens (tertiary/aromatic N) is 2. The van der Waals surface area contributed by atoms with E-state index in [1.807, 2.05) is 77.3 Å². The molecule has 0 radical (unpaired) electrons. The molecule has 0 N–H and O–H groups in total. The van der Waals surface area contributed by atoms with Gasteiger partial charge in [0.15, 0.2) is 5.75 Å². The van der Waals surface area contributed by atoms with E-state index < -0.39 is 0 Å². The number of hydrogen-bond donors (Lipinski definition) is 0. The lowest BCUT2D eigenvalue weighted by Crippen LogP contribution is -2.27. The molecule has 2 heterocycles. The number of benzene rings is 2. The van der Waals surface area contributed by atoms with Crippen LogP contribution in [0.25, 0.3) is 16.6 Å². The topological polar surface area (TPSA) is 43.2 Å². The van der Waals surface area contributed by atoms with E-state index in [0.29, 0.717) is 23.6 Å². The molecule has 0 spiro atoms. The Morgan fingerprint density at radius 3 is 2.35 bits per heavy atom. The normalized spacial score (nSPS) is 11.3. The number of carbonyl (C=O) groups is 1. The minimum Gasteiger partial charge on any atom is -0.494 e. The zero-order valence-corrected chi connectivity index (χ0v) is 23.5. The zero-order chi connectivity index (χ0) is 26.2. The maximum Gasteiger partial charge on any atom is 0.210 e. The van der Waals surface area contributed by atoms with E-state index in [4.69, 9.17) is 9.47 Å². The fourth-order valence-electron chi connectivity index (χ4n) is 4.82. The third kappa shape index (κ3) is 6.08. The highest BCUT2D eigenvalue weighted by molar-refractivity contribution is 9.10. The molecule has 4 aromatic rings. The standard InChI is InChI=1S/C31H35BrN2O3/c1-4-17-33(18-5-2)19-11-21-37-27-16-15-24(22-25(27)32)30(35)29-28(23-12-7-6-8-13-23)31(36-3)26-14-9-10-20-34(26)29/h6-10,12-16,20,22H,4-5,11,17-19,21H2,1-3H3. The number of rotatable bonds is 13. The summed E-state index contributed by atoms with van der Waals surface area (Å²) in [6.07, 6.45) is 5.20. The number of fused-ring (bicyclic) bond motifs is 1. The van der Waals surface area contributed by atoms with Crippen LogP contribution in [0.15, 0.2) is 77.4 Å². The summed E-state index contributed by atoms with van der Waals surface area (Å²) in [7, 11) is 1.65. The number of ether oxygens (including phenoxy) is 2. The highest BCUT2D eigenvalue weighted by atomic mass is 79.9. The van der Waals surface area contributed by atoms with Gasteiger partial charge in [-0.25, -0.2) is 0 Å². The molecule has 0 amide bonds. The number of carbonyl (C=O) groups excluding carboxylic acids is 1. The lowest BCUT2D eigenvalue weighted by molar-refractivity contribution is 0.103. The number of methoxy groups -OCH3 is 1. The Morgan fingerprint density at radius 2 is 1.68 bits per heavy atom. The SMILES string of the molecule is CCCN(CCC)CCCOc1ccc(C(=O)c2c(-c3ccccc3)c(OC)c3ccccn23)cc1Br. The first-order chi connectivity index (χ1) is 18.1. The van der Waals surface area contributed by atoms with Gasteiger partial charge in [0.2, 0.25) is 5.78 Å². The summed E-state index contributed by atoms with van der Waals surface area (Å²) in [6, 6.07) is 21.3. The van der Waals surface area contributed by atoms with Gasteiger partial charge in [-0.15, -0.1) is 0 Å². The van der Waals surface area contributed by atoms with E-state index >= 15 is 0 Å². The average Bonchev–Trinajstić information content (AvgIpc) is 3.26. The molecule has 0 aliphatic rings. The van der Waals surface area contributed by atoms with Gasteiger partial charge < -0.3 is 18.8 Å². The summed E-state index contributed by atoms with van der Waals surface area (Å²) < 4.78 is 14.6. The summed E-state index contributed by atoms with van der Waals surface area (Å²) in [5.41, 5.74) is 3.74. The molecule has 5 nitrogen and oxygen atoms in total. The number of ketones is 1. The summed E-state index contributed by atoms with van der Waals surface area (Å²) >= 11 is 3.63. The highest BCUT2D eigenvalue weighted by Gasteiger charge is 2.26. The Kier molecular flexibility index (Phi) is 9.42. The lowest BCUT2D eigenvalue weighted by atomic mass is 9.99. The Labute approximate surface area is 228 Å². The Bertz CT molecular complexity index is 1330. The summed E-state index contributed by atoms with van der Waals surface area (Å²) in [4.78, 5) is 16.4. The molecule has 0 fully saturated rings. The van der Waals surface area contributed by atoms with E-state index in [-0.39, 0.29) is 5.78 Å². The molecule has 0 aliphatic carbocycles. The van der Waals surface area contributed by atoms with Crippen LogP contribution >= 0.6 is 15.9 Å². The number of hydrogen-bond acceptors (Lipinski definition) is 4. The van der Waals surface area contributed by atoms with Gasteiger partial charge in [0, 0.05) is 18.3 Å². The molecule has 2 aromatic heterocycles. The second-order valence-corrected chi connectivity index (χ2v) is 9.95. The Hall–Kier alpha value is -3.09. The average molecular weight is 564 g/mol. The molecule has 0 atom stereocenters. The lowest BCUT2D eigenvalue weighted by Gasteiger charge is -2.20. The molecule has 0 aliphatic heterocycles. The first kappa shape index (κ1) is 27.0. The Balaban J connectivity index is 1.59. The minimum absolute atomic E-state index is 0.0784. The van der Waals surface area contributed by atoms with Crippen molar-refractivity contribution in [3.8, 4) is 22.6 Å². The van der Waals surface area contributed by atoms with Crippen molar-refractivity contribution in [2.75, 3.05) is 33.4 Å². The van der Waals surface area contributed by atoms with Crippen molar-refractivity contribution in [1.82, 2.24) is 9.30 Å². The van der Waals surface area contributed by atoms with Crippen LogP contribution < -0.4 is 9.47 Å². The van der Waals surface area contributed by atoms with Gasteiger partial charge >= 0.3 is 0 Å². The molecule has 0 saturated heterocycles. The van der Waals surface area contributed by atoms with Gasteiger partial charge in [0.1, 0.15) is 11.4 Å². The first-order valence-corrected chi connectivity index (χ1v) is 13.8. The maximum absolute atomic E-state index is 14.0. The van der Waals surface area contributed by atoms with Crippen LogP contribution in [0.3, 0.4) is 0 Å². The van der Waals surface area contributed by atoms with Gasteiger partial charge in [0.05, 0.1) is 29.3 Å². The number of aromatic nitrogens is 1. The van der Waals surface area contributed by atoms with Crippen LogP contribution in [-0.4, -0.2) is 48.4 Å². The monoisotopic (exact) mass is 562 g/mol. The smallest absolute Gasteiger partial charge is 0.210 e. The molecule has 0 saturated carbocycles. The third-order valence-corrected chi connectivity index (χ3v) is 7.05. The van der Waals surface area contributed by atoms with Crippen LogP contribution in [0.4, 0.5) is 0 Å². The van der Waals surface area contributed by atoms with Gasteiger partial charge in [-0.2, -0.15) is 0 Å².